The zero-order valence-corrected chi connectivity index (χ0v) is 17.6. The van der Waals surface area contributed by atoms with E-state index in [1.54, 1.807) is 23.5 Å². The minimum atomic E-state index is -0.307. The van der Waals surface area contributed by atoms with Gasteiger partial charge in [0.25, 0.3) is 0 Å². The van der Waals surface area contributed by atoms with Crippen molar-refractivity contribution in [3.05, 3.63) is 82.8 Å². The monoisotopic (exact) mass is 438 g/mol. The second kappa shape index (κ2) is 9.69. The molecule has 2 heterocycles. The van der Waals surface area contributed by atoms with Crippen LogP contribution in [0.1, 0.15) is 5.56 Å². The largest absolute Gasteiger partial charge is 0.355 e. The fraction of sp³-hybridized carbons (Fsp3) is 0.136. The molecule has 30 heavy (non-hydrogen) atoms. The van der Waals surface area contributed by atoms with Crippen molar-refractivity contribution in [3.63, 3.8) is 0 Å². The topological polar surface area (TPSA) is 59.8 Å². The number of carbonyl (C=O) groups excluding carboxylic acids is 1. The second-order valence-corrected chi connectivity index (χ2v) is 8.23. The Morgan fingerprint density at radius 1 is 1.07 bits per heavy atom. The van der Waals surface area contributed by atoms with Crippen molar-refractivity contribution in [3.8, 4) is 17.1 Å². The van der Waals surface area contributed by atoms with Crippen LogP contribution in [0.2, 0.25) is 0 Å². The lowest BCUT2D eigenvalue weighted by molar-refractivity contribution is -0.118. The molecule has 0 spiro atoms. The summed E-state index contributed by atoms with van der Waals surface area (Å²) in [7, 11) is 0. The zero-order chi connectivity index (χ0) is 20.8. The van der Waals surface area contributed by atoms with E-state index in [0.717, 1.165) is 17.7 Å². The Morgan fingerprint density at radius 2 is 1.87 bits per heavy atom. The molecular formula is C22H19FN4OS2. The third-order valence-corrected chi connectivity index (χ3v) is 6.06. The summed E-state index contributed by atoms with van der Waals surface area (Å²) >= 11 is 2.97. The normalized spacial score (nSPS) is 10.8. The molecule has 0 unspecified atom stereocenters. The Hall–Kier alpha value is -2.97. The molecule has 2 aromatic carbocycles. The molecule has 8 heteroatoms. The highest BCUT2D eigenvalue weighted by molar-refractivity contribution is 7.99. The van der Waals surface area contributed by atoms with Crippen LogP contribution < -0.4 is 5.32 Å². The van der Waals surface area contributed by atoms with Gasteiger partial charge in [-0.25, -0.2) is 4.39 Å². The van der Waals surface area contributed by atoms with Crippen LogP contribution >= 0.6 is 23.1 Å². The number of thioether (sulfide) groups is 1. The molecule has 0 fully saturated rings. The SMILES string of the molecule is O=C(CSc1nnc(-c2ccc(F)cc2)n1-c1ccccc1)NCCc1ccsc1. The van der Waals surface area contributed by atoms with E-state index in [1.165, 1.54) is 29.5 Å². The van der Waals surface area contributed by atoms with Crippen LogP contribution in [0.25, 0.3) is 17.1 Å². The standard InChI is InChI=1S/C22H19FN4OS2/c23-18-8-6-17(7-9-18)21-25-26-22(27(21)19-4-2-1-3-5-19)30-15-20(28)24-12-10-16-11-13-29-14-16/h1-9,11,13-14H,10,12,15H2,(H,24,28). The molecule has 0 saturated carbocycles. The molecule has 0 aliphatic carbocycles. The van der Waals surface area contributed by atoms with E-state index in [4.69, 9.17) is 0 Å². The van der Waals surface area contributed by atoms with Gasteiger partial charge in [-0.2, -0.15) is 11.3 Å². The minimum absolute atomic E-state index is 0.0545. The van der Waals surface area contributed by atoms with Gasteiger partial charge in [0.05, 0.1) is 5.75 Å². The Kier molecular flexibility index (Phi) is 6.56. The molecule has 1 amide bonds. The van der Waals surface area contributed by atoms with Gasteiger partial charge in [0.2, 0.25) is 5.91 Å². The smallest absolute Gasteiger partial charge is 0.230 e. The van der Waals surface area contributed by atoms with E-state index in [-0.39, 0.29) is 17.5 Å². The fourth-order valence-corrected chi connectivity index (χ4v) is 4.41. The molecule has 2 aromatic heterocycles. The number of hydrogen-bond donors (Lipinski definition) is 1. The maximum Gasteiger partial charge on any atom is 0.230 e. The fourth-order valence-electron chi connectivity index (χ4n) is 2.92. The van der Waals surface area contributed by atoms with Gasteiger partial charge in [0.1, 0.15) is 5.82 Å². The summed E-state index contributed by atoms with van der Waals surface area (Å²) in [6.07, 6.45) is 0.814. The van der Waals surface area contributed by atoms with E-state index in [9.17, 15) is 9.18 Å². The minimum Gasteiger partial charge on any atom is -0.355 e. The van der Waals surface area contributed by atoms with E-state index in [0.29, 0.717) is 17.5 Å². The maximum atomic E-state index is 13.3. The van der Waals surface area contributed by atoms with Crippen molar-refractivity contribution >= 4 is 29.0 Å². The summed E-state index contributed by atoms with van der Waals surface area (Å²) in [6.45, 7) is 0.600. The summed E-state index contributed by atoms with van der Waals surface area (Å²) in [5.41, 5.74) is 2.85. The first-order chi connectivity index (χ1) is 14.7. The molecule has 0 aliphatic rings. The van der Waals surface area contributed by atoms with Gasteiger partial charge in [-0.05, 0) is 65.2 Å². The average Bonchev–Trinajstić information content (AvgIpc) is 3.43. The zero-order valence-electron chi connectivity index (χ0n) is 16.0. The lowest BCUT2D eigenvalue weighted by atomic mass is 10.2. The lowest BCUT2D eigenvalue weighted by Crippen LogP contribution is -2.27. The van der Waals surface area contributed by atoms with Crippen LogP contribution in [0.4, 0.5) is 4.39 Å². The molecule has 5 nitrogen and oxygen atoms in total. The molecule has 4 aromatic rings. The predicted molar refractivity (Wildman–Crippen MR) is 119 cm³/mol. The molecule has 1 N–H and O–H groups in total. The quantitative estimate of drug-likeness (QED) is 0.409. The highest BCUT2D eigenvalue weighted by Gasteiger charge is 2.17. The van der Waals surface area contributed by atoms with Crippen LogP contribution in [0.3, 0.4) is 0 Å². The summed E-state index contributed by atoms with van der Waals surface area (Å²) in [5.74, 6) is 0.471. The Balaban J connectivity index is 1.48. The number of nitrogens with zero attached hydrogens (tertiary/aromatic N) is 3. The van der Waals surface area contributed by atoms with E-state index in [1.807, 2.05) is 40.3 Å². The first-order valence-electron chi connectivity index (χ1n) is 9.38. The summed E-state index contributed by atoms with van der Waals surface area (Å²) in [6, 6.07) is 17.9. The van der Waals surface area contributed by atoms with Gasteiger partial charge in [0, 0.05) is 17.8 Å². The number of para-hydroxylation sites is 1. The lowest BCUT2D eigenvalue weighted by Gasteiger charge is -2.10. The van der Waals surface area contributed by atoms with Gasteiger partial charge in [-0.1, -0.05) is 30.0 Å². The van der Waals surface area contributed by atoms with E-state index < -0.39 is 0 Å². The van der Waals surface area contributed by atoms with Gasteiger partial charge < -0.3 is 5.32 Å². The number of thiophene rings is 1. The molecule has 0 bridgehead atoms. The molecular weight excluding hydrogens is 419 g/mol. The van der Waals surface area contributed by atoms with Crippen molar-refractivity contribution in [2.45, 2.75) is 11.6 Å². The molecule has 0 aliphatic heterocycles. The third kappa shape index (κ3) is 4.95. The molecule has 0 radical (unpaired) electrons. The Bertz CT molecular complexity index is 1100. The van der Waals surface area contributed by atoms with Crippen molar-refractivity contribution in [2.24, 2.45) is 0 Å². The van der Waals surface area contributed by atoms with Crippen molar-refractivity contribution in [1.29, 1.82) is 0 Å². The van der Waals surface area contributed by atoms with Crippen molar-refractivity contribution < 1.29 is 9.18 Å². The molecule has 0 atom stereocenters. The number of halogens is 1. The summed E-state index contributed by atoms with van der Waals surface area (Å²) < 4.78 is 15.2. The van der Waals surface area contributed by atoms with Crippen LogP contribution in [0, 0.1) is 5.82 Å². The van der Waals surface area contributed by atoms with Crippen molar-refractivity contribution in [1.82, 2.24) is 20.1 Å². The number of rotatable bonds is 8. The first kappa shape index (κ1) is 20.3. The highest BCUT2D eigenvalue weighted by Crippen LogP contribution is 2.28. The number of nitrogens with one attached hydrogen (secondary N) is 1. The summed E-state index contributed by atoms with van der Waals surface area (Å²) in [4.78, 5) is 12.3. The number of hydrogen-bond acceptors (Lipinski definition) is 5. The second-order valence-electron chi connectivity index (χ2n) is 6.50. The molecule has 0 saturated heterocycles. The van der Waals surface area contributed by atoms with Gasteiger partial charge in [0.15, 0.2) is 11.0 Å². The van der Waals surface area contributed by atoms with Gasteiger partial charge >= 0.3 is 0 Å². The van der Waals surface area contributed by atoms with Gasteiger partial charge in [-0.15, -0.1) is 10.2 Å². The van der Waals surface area contributed by atoms with Crippen molar-refractivity contribution in [2.75, 3.05) is 12.3 Å². The molecule has 4 rings (SSSR count). The van der Waals surface area contributed by atoms with Gasteiger partial charge in [-0.3, -0.25) is 9.36 Å². The number of aromatic nitrogens is 3. The average molecular weight is 439 g/mol. The number of carbonyl (C=O) groups is 1. The Labute approximate surface area is 182 Å². The summed E-state index contributed by atoms with van der Waals surface area (Å²) in [5, 5.41) is 16.3. The van der Waals surface area contributed by atoms with Crippen LogP contribution in [0.15, 0.2) is 76.6 Å². The Morgan fingerprint density at radius 3 is 2.60 bits per heavy atom. The first-order valence-corrected chi connectivity index (χ1v) is 11.3. The number of benzene rings is 2. The van der Waals surface area contributed by atoms with Crippen LogP contribution in [-0.2, 0) is 11.2 Å². The highest BCUT2D eigenvalue weighted by atomic mass is 32.2. The van der Waals surface area contributed by atoms with Crippen LogP contribution in [0.5, 0.6) is 0 Å². The van der Waals surface area contributed by atoms with E-state index in [2.05, 4.69) is 27.0 Å². The maximum absolute atomic E-state index is 13.3. The van der Waals surface area contributed by atoms with Crippen LogP contribution in [-0.4, -0.2) is 33.0 Å². The third-order valence-electron chi connectivity index (χ3n) is 4.40. The molecule has 152 valence electrons. The number of amides is 1. The van der Waals surface area contributed by atoms with E-state index >= 15 is 0 Å². The predicted octanol–water partition coefficient (Wildman–Crippen LogP) is 4.59.